The summed E-state index contributed by atoms with van der Waals surface area (Å²) >= 11 is 0. The number of rotatable bonds is 2. The first-order valence-electron chi connectivity index (χ1n) is 6.67. The summed E-state index contributed by atoms with van der Waals surface area (Å²) in [5.41, 5.74) is 7.06. The van der Waals surface area contributed by atoms with Crippen molar-refractivity contribution in [1.29, 1.82) is 0 Å². The third kappa shape index (κ3) is 2.19. The van der Waals surface area contributed by atoms with Gasteiger partial charge in [0.15, 0.2) is 0 Å². The highest BCUT2D eigenvalue weighted by Gasteiger charge is 2.39. The van der Waals surface area contributed by atoms with Gasteiger partial charge in [0.2, 0.25) is 11.8 Å². The second-order valence-electron chi connectivity index (χ2n) is 5.20. The van der Waals surface area contributed by atoms with E-state index in [2.05, 4.69) is 5.32 Å². The van der Waals surface area contributed by atoms with Crippen LogP contribution in [0.5, 0.6) is 0 Å². The van der Waals surface area contributed by atoms with Gasteiger partial charge in [-0.3, -0.25) is 19.7 Å². The Morgan fingerprint density at radius 1 is 1.33 bits per heavy atom. The number of halogens is 1. The lowest BCUT2D eigenvalue weighted by Gasteiger charge is -2.29. The fourth-order valence-electron chi connectivity index (χ4n) is 2.88. The average Bonchev–Trinajstić information content (AvgIpc) is 2.76. The minimum absolute atomic E-state index is 0.122. The van der Waals surface area contributed by atoms with Gasteiger partial charge in [0.25, 0.3) is 5.91 Å². The molecule has 0 aromatic heterocycles. The lowest BCUT2D eigenvalue weighted by atomic mass is 10.0. The molecule has 3 rings (SSSR count). The zero-order chi connectivity index (χ0) is 15.1. The van der Waals surface area contributed by atoms with Crippen molar-refractivity contribution in [1.82, 2.24) is 10.2 Å². The maximum absolute atomic E-state index is 13.5. The van der Waals surface area contributed by atoms with Crippen molar-refractivity contribution in [3.05, 3.63) is 34.6 Å². The fourth-order valence-corrected chi connectivity index (χ4v) is 2.88. The molecule has 6 nitrogen and oxygen atoms in total. The van der Waals surface area contributed by atoms with Gasteiger partial charge in [0.05, 0.1) is 0 Å². The molecule has 2 heterocycles. The maximum atomic E-state index is 13.5. The molecule has 0 saturated carbocycles. The second kappa shape index (κ2) is 4.92. The Kier molecular flexibility index (Phi) is 3.21. The normalized spacial score (nSPS) is 21.5. The summed E-state index contributed by atoms with van der Waals surface area (Å²) in [5, 5.41) is 2.22. The van der Waals surface area contributed by atoms with Gasteiger partial charge in [-0.25, -0.2) is 4.39 Å². The zero-order valence-corrected chi connectivity index (χ0v) is 11.2. The molecule has 110 valence electrons. The molecule has 1 unspecified atom stereocenters. The molecule has 21 heavy (non-hydrogen) atoms. The molecule has 0 bridgehead atoms. The number of hydrogen-bond acceptors (Lipinski definition) is 4. The van der Waals surface area contributed by atoms with Crippen LogP contribution in [0.25, 0.3) is 0 Å². The topological polar surface area (TPSA) is 92.5 Å². The molecule has 1 aromatic rings. The van der Waals surface area contributed by atoms with Gasteiger partial charge < -0.3 is 10.6 Å². The molecule has 7 heteroatoms. The van der Waals surface area contributed by atoms with E-state index in [-0.39, 0.29) is 37.4 Å². The predicted molar refractivity (Wildman–Crippen MR) is 70.3 cm³/mol. The molecule has 0 aliphatic carbocycles. The molecule has 3 N–H and O–H groups in total. The molecule has 2 aliphatic heterocycles. The fraction of sp³-hybridized carbons (Fsp3) is 0.357. The van der Waals surface area contributed by atoms with Gasteiger partial charge in [-0.15, -0.1) is 0 Å². The van der Waals surface area contributed by atoms with E-state index in [1.54, 1.807) is 0 Å². The number of imide groups is 1. The minimum Gasteiger partial charge on any atom is -0.326 e. The van der Waals surface area contributed by atoms with Gasteiger partial charge in [0, 0.05) is 25.1 Å². The zero-order valence-electron chi connectivity index (χ0n) is 11.2. The van der Waals surface area contributed by atoms with Gasteiger partial charge >= 0.3 is 0 Å². The molecular formula is C14H14FN3O3. The van der Waals surface area contributed by atoms with Crippen LogP contribution in [0.15, 0.2) is 12.1 Å². The van der Waals surface area contributed by atoms with Crippen LogP contribution in [0, 0.1) is 5.82 Å². The Morgan fingerprint density at radius 2 is 2.10 bits per heavy atom. The number of fused-ring (bicyclic) bond motifs is 1. The summed E-state index contributed by atoms with van der Waals surface area (Å²) in [5.74, 6) is -1.74. The quantitative estimate of drug-likeness (QED) is 0.753. The van der Waals surface area contributed by atoms with Crippen LogP contribution in [0.1, 0.15) is 34.3 Å². The van der Waals surface area contributed by atoms with Crippen molar-refractivity contribution in [2.75, 3.05) is 0 Å². The van der Waals surface area contributed by atoms with E-state index in [0.29, 0.717) is 11.1 Å². The van der Waals surface area contributed by atoms with E-state index in [1.165, 1.54) is 17.0 Å². The molecule has 0 radical (unpaired) electrons. The molecule has 1 fully saturated rings. The Bertz CT molecular complexity index is 659. The monoisotopic (exact) mass is 291 g/mol. The highest BCUT2D eigenvalue weighted by molar-refractivity contribution is 6.05. The number of piperidine rings is 1. The van der Waals surface area contributed by atoms with Crippen LogP contribution in [0.2, 0.25) is 0 Å². The third-order valence-corrected chi connectivity index (χ3v) is 3.93. The van der Waals surface area contributed by atoms with Crippen molar-refractivity contribution in [3.8, 4) is 0 Å². The minimum atomic E-state index is -0.698. The Balaban J connectivity index is 1.93. The standard InChI is InChI=1S/C14H14FN3O3/c15-8-3-7(5-16)10-6-18(14(21)9(10)4-8)11-1-2-12(19)17-13(11)20/h3-4,11H,1-2,5-6,16H2,(H,17,19,20). The third-order valence-electron chi connectivity index (χ3n) is 3.93. The van der Waals surface area contributed by atoms with E-state index in [4.69, 9.17) is 5.73 Å². The van der Waals surface area contributed by atoms with Crippen LogP contribution in [-0.2, 0) is 22.7 Å². The number of nitrogens with zero attached hydrogens (tertiary/aromatic N) is 1. The number of nitrogens with one attached hydrogen (secondary N) is 1. The largest absolute Gasteiger partial charge is 0.326 e. The molecule has 1 aromatic carbocycles. The van der Waals surface area contributed by atoms with Gasteiger partial charge in [-0.2, -0.15) is 0 Å². The number of hydrogen-bond donors (Lipinski definition) is 2. The highest BCUT2D eigenvalue weighted by atomic mass is 19.1. The summed E-state index contributed by atoms with van der Waals surface area (Å²) in [6, 6.07) is 1.78. The van der Waals surface area contributed by atoms with E-state index in [1.807, 2.05) is 0 Å². The molecule has 1 atom stereocenters. The van der Waals surface area contributed by atoms with Crippen LogP contribution in [-0.4, -0.2) is 28.7 Å². The predicted octanol–water partition coefficient (Wildman–Crippen LogP) is 0.0454. The van der Waals surface area contributed by atoms with Gasteiger partial charge in [-0.1, -0.05) is 0 Å². The van der Waals surface area contributed by atoms with E-state index in [0.717, 1.165) is 0 Å². The van der Waals surface area contributed by atoms with Gasteiger partial charge in [-0.05, 0) is 29.7 Å². The Morgan fingerprint density at radius 3 is 2.76 bits per heavy atom. The van der Waals surface area contributed by atoms with Crippen LogP contribution in [0.4, 0.5) is 4.39 Å². The Labute approximate surface area is 120 Å². The SMILES string of the molecule is NCc1cc(F)cc2c1CN(C1CCC(=O)NC1=O)C2=O. The molecule has 3 amide bonds. The molecule has 1 saturated heterocycles. The number of carbonyl (C=O) groups excluding carboxylic acids is 3. The lowest BCUT2D eigenvalue weighted by molar-refractivity contribution is -0.136. The molecular weight excluding hydrogens is 277 g/mol. The van der Waals surface area contributed by atoms with E-state index >= 15 is 0 Å². The van der Waals surface area contributed by atoms with Crippen molar-refractivity contribution in [3.63, 3.8) is 0 Å². The Hall–Kier alpha value is -2.28. The number of amides is 3. The molecule has 2 aliphatic rings. The van der Waals surface area contributed by atoms with Crippen molar-refractivity contribution in [2.45, 2.75) is 32.0 Å². The first-order chi connectivity index (χ1) is 10.0. The molecule has 0 spiro atoms. The van der Waals surface area contributed by atoms with E-state index < -0.39 is 23.7 Å². The van der Waals surface area contributed by atoms with Crippen LogP contribution >= 0.6 is 0 Å². The summed E-state index contributed by atoms with van der Waals surface area (Å²) < 4.78 is 13.5. The average molecular weight is 291 g/mol. The van der Waals surface area contributed by atoms with Crippen LogP contribution in [0.3, 0.4) is 0 Å². The van der Waals surface area contributed by atoms with E-state index in [9.17, 15) is 18.8 Å². The van der Waals surface area contributed by atoms with Gasteiger partial charge in [0.1, 0.15) is 11.9 Å². The second-order valence-corrected chi connectivity index (χ2v) is 5.20. The number of carbonyl (C=O) groups is 3. The lowest BCUT2D eigenvalue weighted by Crippen LogP contribution is -2.52. The van der Waals surface area contributed by atoms with Crippen molar-refractivity contribution >= 4 is 17.7 Å². The number of nitrogens with two attached hydrogens (primary N) is 1. The smallest absolute Gasteiger partial charge is 0.255 e. The van der Waals surface area contributed by atoms with Crippen molar-refractivity contribution in [2.24, 2.45) is 5.73 Å². The highest BCUT2D eigenvalue weighted by Crippen LogP contribution is 2.30. The summed E-state index contributed by atoms with van der Waals surface area (Å²) in [4.78, 5) is 36.8. The summed E-state index contributed by atoms with van der Waals surface area (Å²) in [6.45, 7) is 0.337. The number of benzene rings is 1. The summed E-state index contributed by atoms with van der Waals surface area (Å²) in [7, 11) is 0. The van der Waals surface area contributed by atoms with Crippen molar-refractivity contribution < 1.29 is 18.8 Å². The first-order valence-corrected chi connectivity index (χ1v) is 6.67. The first kappa shape index (κ1) is 13.7. The van der Waals surface area contributed by atoms with Crippen LogP contribution < -0.4 is 11.1 Å². The maximum Gasteiger partial charge on any atom is 0.255 e. The summed E-state index contributed by atoms with van der Waals surface area (Å²) in [6.07, 6.45) is 0.472.